The molecule has 33 heavy (non-hydrogen) atoms. The molecule has 4 rings (SSSR count). The second kappa shape index (κ2) is 9.38. The molecular weight excluding hydrogens is 404 g/mol. The lowest BCUT2D eigenvalue weighted by atomic mass is 9.47. The van der Waals surface area contributed by atoms with Crippen LogP contribution in [0.25, 0.3) is 0 Å². The van der Waals surface area contributed by atoms with Crippen LogP contribution in [0.4, 0.5) is 0 Å². The first-order valence-electron chi connectivity index (χ1n) is 13.8. The normalized spacial score (nSPS) is 42.0. The summed E-state index contributed by atoms with van der Waals surface area (Å²) in [4.78, 5) is 11.5. The molecular formula is C31H48O2. The third-order valence-electron chi connectivity index (χ3n) is 10.8. The fourth-order valence-electron chi connectivity index (χ4n) is 8.81. The third-order valence-corrected chi connectivity index (χ3v) is 10.8. The lowest BCUT2D eigenvalue weighted by Crippen LogP contribution is -2.50. The first-order valence-corrected chi connectivity index (χ1v) is 13.8. The topological polar surface area (TPSA) is 26.3 Å². The molecule has 0 bridgehead atoms. The van der Waals surface area contributed by atoms with E-state index in [2.05, 4.69) is 59.4 Å². The molecule has 184 valence electrons. The summed E-state index contributed by atoms with van der Waals surface area (Å²) in [5.41, 5.74) is 3.94. The molecule has 3 saturated carbocycles. The van der Waals surface area contributed by atoms with E-state index in [-0.39, 0.29) is 12.1 Å². The summed E-state index contributed by atoms with van der Waals surface area (Å²) in [6.45, 7) is 17.9. The summed E-state index contributed by atoms with van der Waals surface area (Å²) in [6, 6.07) is 0. The number of allylic oxidation sites excluding steroid dienone is 5. The highest BCUT2D eigenvalue weighted by atomic mass is 16.5. The van der Waals surface area contributed by atoms with Gasteiger partial charge in [0.25, 0.3) is 0 Å². The largest absolute Gasteiger partial charge is 0.463 e. The lowest BCUT2D eigenvalue weighted by Gasteiger charge is -2.58. The van der Waals surface area contributed by atoms with Gasteiger partial charge in [0, 0.05) is 6.92 Å². The van der Waals surface area contributed by atoms with E-state index in [1.807, 2.05) is 5.57 Å². The average Bonchev–Trinajstić information content (AvgIpc) is 3.11. The summed E-state index contributed by atoms with van der Waals surface area (Å²) in [6.07, 6.45) is 18.9. The molecule has 0 aromatic carbocycles. The zero-order valence-electron chi connectivity index (χ0n) is 22.2. The molecule has 0 radical (unpaired) electrons. The Morgan fingerprint density at radius 1 is 1.12 bits per heavy atom. The van der Waals surface area contributed by atoms with Gasteiger partial charge >= 0.3 is 5.97 Å². The van der Waals surface area contributed by atoms with Crippen LogP contribution in [0, 0.1) is 46.3 Å². The van der Waals surface area contributed by atoms with E-state index < -0.39 is 0 Å². The Labute approximate surface area is 203 Å². The van der Waals surface area contributed by atoms with Crippen LogP contribution in [-0.2, 0) is 9.53 Å². The molecule has 0 aromatic rings. The maximum absolute atomic E-state index is 11.5. The van der Waals surface area contributed by atoms with Crippen molar-refractivity contribution in [3.8, 4) is 0 Å². The van der Waals surface area contributed by atoms with Crippen molar-refractivity contribution in [2.75, 3.05) is 0 Å². The number of carbonyl (C=O) groups is 1. The molecule has 4 aliphatic carbocycles. The van der Waals surface area contributed by atoms with E-state index in [4.69, 9.17) is 4.74 Å². The van der Waals surface area contributed by atoms with Crippen molar-refractivity contribution < 1.29 is 9.53 Å². The molecule has 4 aliphatic rings. The van der Waals surface area contributed by atoms with Crippen molar-refractivity contribution in [1.82, 2.24) is 0 Å². The van der Waals surface area contributed by atoms with Gasteiger partial charge in [-0.15, -0.1) is 0 Å². The van der Waals surface area contributed by atoms with Gasteiger partial charge in [-0.2, -0.15) is 0 Å². The Morgan fingerprint density at radius 3 is 2.48 bits per heavy atom. The van der Waals surface area contributed by atoms with Crippen molar-refractivity contribution in [2.24, 2.45) is 46.3 Å². The van der Waals surface area contributed by atoms with E-state index in [1.165, 1.54) is 44.1 Å². The molecule has 3 fully saturated rings. The van der Waals surface area contributed by atoms with Crippen molar-refractivity contribution in [2.45, 2.75) is 105 Å². The Morgan fingerprint density at radius 2 is 1.82 bits per heavy atom. The SMILES string of the molecule is C=C(C)[C@H](/C=C/[C@H](C)[C@@H]1CC[C@@H]2C3=CC[C@@H]4C[C@H](OC(C)=O)CC[C@]4(C)[C@@H]3CC[C@@]21C)CC. The smallest absolute Gasteiger partial charge is 0.302 e. The molecule has 2 heteroatoms. The van der Waals surface area contributed by atoms with Gasteiger partial charge in [0.2, 0.25) is 0 Å². The fourth-order valence-corrected chi connectivity index (χ4v) is 8.81. The number of esters is 1. The number of hydrogen-bond donors (Lipinski definition) is 0. The van der Waals surface area contributed by atoms with Crippen LogP contribution >= 0.6 is 0 Å². The van der Waals surface area contributed by atoms with Gasteiger partial charge in [0.15, 0.2) is 0 Å². The lowest BCUT2D eigenvalue weighted by molar-refractivity contribution is -0.152. The standard InChI is InChI=1S/C31H48O2/c1-8-23(20(2)3)10-9-21(4)27-13-14-28-26-12-11-24-19-25(33-22(5)32)15-17-30(24,6)29(26)16-18-31(27,28)7/h9-10,12,21,23-25,27-29H,2,8,11,13-19H2,1,3-7H3/b10-9+/t21-,23-,24+,25+,27-,28+,29+,30-,31+/m0/s1. The highest BCUT2D eigenvalue weighted by Crippen LogP contribution is 2.66. The van der Waals surface area contributed by atoms with Crippen LogP contribution in [-0.4, -0.2) is 12.1 Å². The van der Waals surface area contributed by atoms with E-state index in [1.54, 1.807) is 6.92 Å². The van der Waals surface area contributed by atoms with Crippen LogP contribution < -0.4 is 0 Å². The Balaban J connectivity index is 1.51. The molecule has 0 unspecified atom stereocenters. The molecule has 0 heterocycles. The number of ether oxygens (including phenoxy) is 1. The monoisotopic (exact) mass is 452 g/mol. The Kier molecular flexibility index (Phi) is 7.05. The minimum atomic E-state index is -0.113. The minimum absolute atomic E-state index is 0.113. The minimum Gasteiger partial charge on any atom is -0.463 e. The number of carbonyl (C=O) groups excluding carboxylic acids is 1. The Hall–Kier alpha value is -1.31. The molecule has 9 atom stereocenters. The summed E-state index contributed by atoms with van der Waals surface area (Å²) >= 11 is 0. The quantitative estimate of drug-likeness (QED) is 0.299. The van der Waals surface area contributed by atoms with Crippen LogP contribution in [0.5, 0.6) is 0 Å². The van der Waals surface area contributed by atoms with Crippen molar-refractivity contribution in [1.29, 1.82) is 0 Å². The second-order valence-electron chi connectivity index (χ2n) is 12.6. The fraction of sp³-hybridized carbons (Fsp3) is 0.774. The maximum atomic E-state index is 11.5. The highest BCUT2D eigenvalue weighted by molar-refractivity contribution is 5.66. The van der Waals surface area contributed by atoms with E-state index >= 15 is 0 Å². The van der Waals surface area contributed by atoms with Crippen LogP contribution in [0.1, 0.15) is 99.3 Å². The zero-order valence-corrected chi connectivity index (χ0v) is 22.2. The summed E-state index contributed by atoms with van der Waals surface area (Å²) in [5, 5.41) is 0. The van der Waals surface area contributed by atoms with Gasteiger partial charge in [-0.25, -0.2) is 0 Å². The highest BCUT2D eigenvalue weighted by Gasteiger charge is 2.58. The molecule has 0 aliphatic heterocycles. The van der Waals surface area contributed by atoms with Gasteiger partial charge in [-0.3, -0.25) is 4.79 Å². The van der Waals surface area contributed by atoms with Crippen molar-refractivity contribution in [3.63, 3.8) is 0 Å². The van der Waals surface area contributed by atoms with Gasteiger partial charge < -0.3 is 4.74 Å². The van der Waals surface area contributed by atoms with Crippen molar-refractivity contribution in [3.05, 3.63) is 36.0 Å². The van der Waals surface area contributed by atoms with Crippen LogP contribution in [0.3, 0.4) is 0 Å². The van der Waals surface area contributed by atoms with Gasteiger partial charge in [0.1, 0.15) is 6.10 Å². The van der Waals surface area contributed by atoms with E-state index in [0.717, 1.165) is 37.0 Å². The second-order valence-corrected chi connectivity index (χ2v) is 12.6. The molecule has 0 N–H and O–H groups in total. The number of rotatable bonds is 6. The predicted octanol–water partition coefficient (Wildman–Crippen LogP) is 8.29. The maximum Gasteiger partial charge on any atom is 0.302 e. The van der Waals surface area contributed by atoms with E-state index in [0.29, 0.717) is 28.6 Å². The number of fused-ring (bicyclic) bond motifs is 5. The molecule has 2 nitrogen and oxygen atoms in total. The zero-order chi connectivity index (χ0) is 24.0. The predicted molar refractivity (Wildman–Crippen MR) is 138 cm³/mol. The van der Waals surface area contributed by atoms with Crippen LogP contribution in [0.15, 0.2) is 36.0 Å². The summed E-state index contributed by atoms with van der Waals surface area (Å²) < 4.78 is 5.64. The summed E-state index contributed by atoms with van der Waals surface area (Å²) in [5.74, 6) is 4.01. The van der Waals surface area contributed by atoms with Crippen LogP contribution in [0.2, 0.25) is 0 Å². The van der Waals surface area contributed by atoms with Gasteiger partial charge in [-0.05, 0) is 111 Å². The first kappa shape index (κ1) is 24.8. The van der Waals surface area contributed by atoms with E-state index in [9.17, 15) is 4.79 Å². The Bertz CT molecular complexity index is 821. The summed E-state index contributed by atoms with van der Waals surface area (Å²) in [7, 11) is 0. The van der Waals surface area contributed by atoms with Gasteiger partial charge in [0.05, 0.1) is 0 Å². The van der Waals surface area contributed by atoms with Gasteiger partial charge in [-0.1, -0.05) is 63.6 Å². The third kappa shape index (κ3) is 4.41. The molecule has 0 saturated heterocycles. The van der Waals surface area contributed by atoms with Crippen molar-refractivity contribution >= 4 is 5.97 Å². The molecule has 0 amide bonds. The first-order chi connectivity index (χ1) is 15.6. The molecule has 0 spiro atoms. The average molecular weight is 453 g/mol. The molecule has 0 aromatic heterocycles. The number of hydrogen-bond acceptors (Lipinski definition) is 2.